The van der Waals surface area contributed by atoms with Crippen LogP contribution in [0.25, 0.3) is 6.08 Å². The fourth-order valence-corrected chi connectivity index (χ4v) is 1.90. The normalized spacial score (nSPS) is 10.8. The molecule has 0 saturated carbocycles. The first-order valence-electron chi connectivity index (χ1n) is 6.48. The third kappa shape index (κ3) is 3.93. The fraction of sp³-hybridized carbons (Fsp3) is 0.200. The van der Waals surface area contributed by atoms with Crippen LogP contribution in [0.1, 0.15) is 11.3 Å². The van der Waals surface area contributed by atoms with Crippen molar-refractivity contribution in [1.82, 2.24) is 15.0 Å². The van der Waals surface area contributed by atoms with Crippen LogP contribution in [0.5, 0.6) is 0 Å². The van der Waals surface area contributed by atoms with E-state index >= 15 is 0 Å². The Kier molecular flexibility index (Phi) is 4.73. The molecule has 1 aromatic heterocycles. The quantitative estimate of drug-likeness (QED) is 0.496. The van der Waals surface area contributed by atoms with Crippen molar-refractivity contribution in [3.05, 3.63) is 54.1 Å². The molecule has 6 nitrogen and oxygen atoms in total. The zero-order valence-electron chi connectivity index (χ0n) is 12.0. The second-order valence-electron chi connectivity index (χ2n) is 4.82. The largest absolute Gasteiger partial charge is 0.378 e. The van der Waals surface area contributed by atoms with E-state index in [9.17, 15) is 4.79 Å². The number of anilines is 1. The summed E-state index contributed by atoms with van der Waals surface area (Å²) in [5, 5.41) is 8.46. The van der Waals surface area contributed by atoms with Crippen molar-refractivity contribution in [2.24, 2.45) is 0 Å². The molecule has 1 amide bonds. The first kappa shape index (κ1) is 14.8. The molecule has 0 spiro atoms. The van der Waals surface area contributed by atoms with E-state index in [1.165, 1.54) is 6.08 Å². The maximum atomic E-state index is 11.0. The number of nitrogens with one attached hydrogen (secondary N) is 1. The summed E-state index contributed by atoms with van der Waals surface area (Å²) in [5.74, 6) is -0.571. The third-order valence-electron chi connectivity index (χ3n) is 3.07. The number of hydrogen-bond donors (Lipinski definition) is 2. The lowest BCUT2D eigenvalue weighted by molar-refractivity contribution is -0.124. The van der Waals surface area contributed by atoms with Gasteiger partial charge in [0.05, 0.1) is 18.2 Å². The first-order chi connectivity index (χ1) is 10.1. The summed E-state index contributed by atoms with van der Waals surface area (Å²) < 4.78 is 1.92. The second-order valence-corrected chi connectivity index (χ2v) is 4.82. The minimum absolute atomic E-state index is 0.571. The molecule has 0 fully saturated rings. The average Bonchev–Trinajstić information content (AvgIpc) is 2.92. The van der Waals surface area contributed by atoms with Gasteiger partial charge >= 0.3 is 0 Å². The lowest BCUT2D eigenvalue weighted by atomic mass is 10.2. The maximum Gasteiger partial charge on any atom is 0.267 e. The van der Waals surface area contributed by atoms with Gasteiger partial charge < -0.3 is 9.47 Å². The van der Waals surface area contributed by atoms with Crippen molar-refractivity contribution in [2.45, 2.75) is 6.54 Å². The molecule has 0 aliphatic heterocycles. The molecule has 0 aliphatic carbocycles. The van der Waals surface area contributed by atoms with Crippen LogP contribution in [0, 0.1) is 0 Å². The summed E-state index contributed by atoms with van der Waals surface area (Å²) in [6.07, 6.45) is 6.22. The summed E-state index contributed by atoms with van der Waals surface area (Å²) >= 11 is 0. The Morgan fingerprint density at radius 3 is 2.71 bits per heavy atom. The number of hydroxylamine groups is 1. The summed E-state index contributed by atoms with van der Waals surface area (Å²) in [6.45, 7) is 0.661. The molecule has 0 unspecified atom stereocenters. The molecule has 0 aliphatic rings. The van der Waals surface area contributed by atoms with E-state index in [1.807, 2.05) is 23.6 Å². The smallest absolute Gasteiger partial charge is 0.267 e. The molecule has 2 aromatic rings. The summed E-state index contributed by atoms with van der Waals surface area (Å²) in [4.78, 5) is 17.1. The van der Waals surface area contributed by atoms with Crippen molar-refractivity contribution < 1.29 is 10.0 Å². The number of hydrogen-bond acceptors (Lipinski definition) is 4. The zero-order chi connectivity index (χ0) is 15.2. The number of imidazole rings is 1. The summed E-state index contributed by atoms with van der Waals surface area (Å²) in [7, 11) is 4.00. The summed E-state index contributed by atoms with van der Waals surface area (Å²) in [5.41, 5.74) is 4.62. The van der Waals surface area contributed by atoms with Gasteiger partial charge in [-0.2, -0.15) is 0 Å². The van der Waals surface area contributed by atoms with Crippen molar-refractivity contribution in [1.29, 1.82) is 0 Å². The highest BCUT2D eigenvalue weighted by Gasteiger charge is 2.02. The molecule has 110 valence electrons. The molecule has 1 heterocycles. The SMILES string of the molecule is CN(C)c1ccc(Cn2cncc2/C=C/C(=O)NO)cc1. The van der Waals surface area contributed by atoms with Crippen LogP contribution >= 0.6 is 0 Å². The molecule has 21 heavy (non-hydrogen) atoms. The topological polar surface area (TPSA) is 70.4 Å². The third-order valence-corrected chi connectivity index (χ3v) is 3.07. The molecule has 0 saturated heterocycles. The average molecular weight is 286 g/mol. The number of aromatic nitrogens is 2. The Bertz CT molecular complexity index is 629. The van der Waals surface area contributed by atoms with Gasteiger partial charge in [-0.3, -0.25) is 10.0 Å². The van der Waals surface area contributed by atoms with Gasteiger partial charge in [0.2, 0.25) is 0 Å². The number of carbonyl (C=O) groups is 1. The van der Waals surface area contributed by atoms with E-state index < -0.39 is 5.91 Å². The van der Waals surface area contributed by atoms with E-state index in [-0.39, 0.29) is 0 Å². The molecule has 6 heteroatoms. The zero-order valence-corrected chi connectivity index (χ0v) is 12.0. The van der Waals surface area contributed by atoms with Gasteiger partial charge in [-0.25, -0.2) is 10.5 Å². The van der Waals surface area contributed by atoms with E-state index in [1.54, 1.807) is 24.1 Å². The van der Waals surface area contributed by atoms with E-state index in [4.69, 9.17) is 5.21 Å². The lowest BCUT2D eigenvalue weighted by Gasteiger charge is -2.13. The first-order valence-corrected chi connectivity index (χ1v) is 6.48. The minimum atomic E-state index is -0.571. The van der Waals surface area contributed by atoms with Gasteiger partial charge in [-0.15, -0.1) is 0 Å². The molecular formula is C15H18N4O2. The van der Waals surface area contributed by atoms with Crippen molar-refractivity contribution in [3.63, 3.8) is 0 Å². The lowest BCUT2D eigenvalue weighted by Crippen LogP contribution is -2.15. The Balaban J connectivity index is 2.11. The molecule has 2 rings (SSSR count). The number of nitrogens with zero attached hydrogens (tertiary/aromatic N) is 3. The van der Waals surface area contributed by atoms with E-state index in [2.05, 4.69) is 29.2 Å². The molecular weight excluding hydrogens is 268 g/mol. The maximum absolute atomic E-state index is 11.0. The Morgan fingerprint density at radius 1 is 1.38 bits per heavy atom. The van der Waals surface area contributed by atoms with Gasteiger partial charge in [0.15, 0.2) is 0 Å². The van der Waals surface area contributed by atoms with Crippen LogP contribution in [0.4, 0.5) is 5.69 Å². The van der Waals surface area contributed by atoms with Gasteiger partial charge in [0, 0.05) is 32.4 Å². The monoisotopic (exact) mass is 286 g/mol. The predicted molar refractivity (Wildman–Crippen MR) is 81.1 cm³/mol. The van der Waals surface area contributed by atoms with E-state index in [0.717, 1.165) is 16.9 Å². The minimum Gasteiger partial charge on any atom is -0.378 e. The van der Waals surface area contributed by atoms with Crippen molar-refractivity contribution >= 4 is 17.7 Å². The molecule has 0 atom stereocenters. The Labute approximate surface area is 123 Å². The Hall–Kier alpha value is -2.60. The van der Waals surface area contributed by atoms with Crippen LogP contribution < -0.4 is 10.4 Å². The van der Waals surface area contributed by atoms with Gasteiger partial charge in [-0.05, 0) is 23.8 Å². The van der Waals surface area contributed by atoms with Gasteiger partial charge in [0.1, 0.15) is 0 Å². The van der Waals surface area contributed by atoms with Gasteiger partial charge in [0.25, 0.3) is 5.91 Å². The number of rotatable bonds is 5. The highest BCUT2D eigenvalue weighted by Crippen LogP contribution is 2.14. The molecule has 1 aromatic carbocycles. The molecule has 2 N–H and O–H groups in total. The van der Waals surface area contributed by atoms with Crippen molar-refractivity contribution in [2.75, 3.05) is 19.0 Å². The highest BCUT2D eigenvalue weighted by atomic mass is 16.5. The van der Waals surface area contributed by atoms with Crippen LogP contribution in [0.2, 0.25) is 0 Å². The molecule has 0 radical (unpaired) electrons. The number of amides is 1. The van der Waals surface area contributed by atoms with Crippen LogP contribution in [-0.4, -0.2) is 34.8 Å². The highest BCUT2D eigenvalue weighted by molar-refractivity contribution is 5.90. The fourth-order valence-electron chi connectivity index (χ4n) is 1.90. The number of carbonyl (C=O) groups excluding carboxylic acids is 1. The second kappa shape index (κ2) is 6.71. The van der Waals surface area contributed by atoms with Crippen molar-refractivity contribution in [3.8, 4) is 0 Å². The predicted octanol–water partition coefficient (Wildman–Crippen LogP) is 1.52. The molecule has 0 bridgehead atoms. The van der Waals surface area contributed by atoms with Crippen LogP contribution in [0.15, 0.2) is 42.9 Å². The van der Waals surface area contributed by atoms with E-state index in [0.29, 0.717) is 6.54 Å². The standard InChI is InChI=1S/C15H18N4O2/c1-18(2)13-5-3-12(4-6-13)10-19-11-16-9-14(19)7-8-15(20)17-21/h3-9,11,21H,10H2,1-2H3,(H,17,20)/b8-7+. The Morgan fingerprint density at radius 2 is 2.10 bits per heavy atom. The van der Waals surface area contributed by atoms with Crippen LogP contribution in [-0.2, 0) is 11.3 Å². The summed E-state index contributed by atoms with van der Waals surface area (Å²) in [6, 6.07) is 8.23. The number of benzene rings is 1. The van der Waals surface area contributed by atoms with Gasteiger partial charge in [-0.1, -0.05) is 12.1 Å². The van der Waals surface area contributed by atoms with Crippen LogP contribution in [0.3, 0.4) is 0 Å².